The predicted octanol–water partition coefficient (Wildman–Crippen LogP) is 1.57. The molecule has 1 aliphatic heterocycles. The van der Waals surface area contributed by atoms with Gasteiger partial charge in [0, 0.05) is 18.1 Å². The van der Waals surface area contributed by atoms with Gasteiger partial charge in [-0.2, -0.15) is 32.9 Å². The molecule has 3 heterocycles. The second-order valence-electron chi connectivity index (χ2n) is 7.06. The quantitative estimate of drug-likeness (QED) is 0.823. The molecule has 0 aromatic carbocycles. The van der Waals surface area contributed by atoms with Crippen LogP contribution in [0.3, 0.4) is 0 Å². The Morgan fingerprint density at radius 2 is 1.89 bits per heavy atom. The Hall–Kier alpha value is -2.91. The highest BCUT2D eigenvalue weighted by Gasteiger charge is 2.42. The summed E-state index contributed by atoms with van der Waals surface area (Å²) in [7, 11) is 0. The van der Waals surface area contributed by atoms with E-state index < -0.39 is 18.0 Å². The molecule has 0 spiro atoms. The van der Waals surface area contributed by atoms with E-state index in [-0.39, 0.29) is 29.9 Å². The molecular formula is C18H21F3N6O. The van der Waals surface area contributed by atoms with Crippen LogP contribution in [0.15, 0.2) is 0 Å². The second kappa shape index (κ2) is 6.61. The van der Waals surface area contributed by atoms with Gasteiger partial charge >= 0.3 is 6.18 Å². The highest BCUT2D eigenvalue weighted by molar-refractivity contribution is 6.06. The minimum absolute atomic E-state index is 0.0868. The van der Waals surface area contributed by atoms with Crippen LogP contribution in [0, 0.1) is 0 Å². The molecule has 3 rings (SSSR count). The van der Waals surface area contributed by atoms with Gasteiger partial charge in [-0.3, -0.25) is 4.79 Å². The minimum Gasteiger partial charge on any atom is -0.383 e. The number of nitrogens with zero attached hydrogens (tertiary/aromatic N) is 4. The summed E-state index contributed by atoms with van der Waals surface area (Å²) in [5, 5.41) is 8.13. The molecule has 0 saturated heterocycles. The van der Waals surface area contributed by atoms with Crippen molar-refractivity contribution in [1.29, 1.82) is 0 Å². The van der Waals surface area contributed by atoms with Crippen LogP contribution in [0.1, 0.15) is 45.4 Å². The molecule has 28 heavy (non-hydrogen) atoms. The van der Waals surface area contributed by atoms with Gasteiger partial charge in [-0.1, -0.05) is 12.2 Å². The molecule has 2 aromatic rings. The van der Waals surface area contributed by atoms with Crippen LogP contribution in [0.5, 0.6) is 0 Å². The molecular weight excluding hydrogens is 373 g/mol. The van der Waals surface area contributed by atoms with Crippen molar-refractivity contribution < 1.29 is 18.0 Å². The molecule has 1 amide bonds. The third-order valence-electron chi connectivity index (χ3n) is 4.78. The topological polar surface area (TPSA) is 98.7 Å². The maximum Gasteiger partial charge on any atom is 0.389 e. The first kappa shape index (κ1) is 19.8. The second-order valence-corrected chi connectivity index (χ2v) is 7.06. The largest absolute Gasteiger partial charge is 0.389 e. The van der Waals surface area contributed by atoms with E-state index in [1.165, 1.54) is 4.68 Å². The third-order valence-corrected chi connectivity index (χ3v) is 4.78. The Balaban J connectivity index is 2.16. The Labute approximate surface area is 159 Å². The molecule has 150 valence electrons. The van der Waals surface area contributed by atoms with Crippen LogP contribution in [0.4, 0.5) is 24.8 Å². The number of halogens is 3. The van der Waals surface area contributed by atoms with Crippen LogP contribution in [0.25, 0.3) is 18.1 Å². The summed E-state index contributed by atoms with van der Waals surface area (Å²) < 4.78 is 39.4. The standard InChI is InChI=1S/C18H21F3N6O/c1-5-9-10(7-8-18(19,20)21)26-27(11(9)6-2)16-23-13(22)12-14(25-16)24-15(28)17(12,3)4/h5-6H,7-8H2,1-4H3,(H3,22,23,24,25,28). The molecule has 0 saturated carbocycles. The van der Waals surface area contributed by atoms with Gasteiger partial charge in [0.2, 0.25) is 5.91 Å². The summed E-state index contributed by atoms with van der Waals surface area (Å²) in [6, 6.07) is 0. The number of aromatic nitrogens is 4. The maximum absolute atomic E-state index is 12.7. The van der Waals surface area contributed by atoms with Crippen molar-refractivity contribution in [3.8, 4) is 5.95 Å². The highest BCUT2D eigenvalue weighted by atomic mass is 19.4. The fourth-order valence-corrected chi connectivity index (χ4v) is 3.32. The van der Waals surface area contributed by atoms with E-state index in [9.17, 15) is 18.0 Å². The first-order chi connectivity index (χ1) is 13.0. The van der Waals surface area contributed by atoms with Crippen molar-refractivity contribution in [1.82, 2.24) is 19.7 Å². The number of fused-ring (bicyclic) bond motifs is 1. The molecule has 0 unspecified atom stereocenters. The van der Waals surface area contributed by atoms with E-state index >= 15 is 0 Å². The molecule has 3 N–H and O–H groups in total. The van der Waals surface area contributed by atoms with E-state index in [0.717, 1.165) is 0 Å². The third kappa shape index (κ3) is 3.23. The lowest BCUT2D eigenvalue weighted by atomic mass is 9.87. The average Bonchev–Trinajstić information content (AvgIpc) is 3.06. The lowest BCUT2D eigenvalue weighted by molar-refractivity contribution is -0.134. The van der Waals surface area contributed by atoms with Gasteiger partial charge in [-0.25, -0.2) is 0 Å². The van der Waals surface area contributed by atoms with Crippen LogP contribution < -0.4 is 21.6 Å². The molecule has 0 aliphatic carbocycles. The monoisotopic (exact) mass is 394 g/mol. The summed E-state index contributed by atoms with van der Waals surface area (Å²) >= 11 is 0. The number of alkyl halides is 3. The van der Waals surface area contributed by atoms with Crippen LogP contribution >= 0.6 is 0 Å². The fraction of sp³-hybridized carbons (Fsp3) is 0.444. The van der Waals surface area contributed by atoms with Gasteiger partial charge in [-0.05, 0) is 27.7 Å². The van der Waals surface area contributed by atoms with Crippen molar-refractivity contribution in [2.24, 2.45) is 0 Å². The van der Waals surface area contributed by atoms with Crippen molar-refractivity contribution in [3.63, 3.8) is 0 Å². The zero-order valence-electron chi connectivity index (χ0n) is 16.0. The van der Waals surface area contributed by atoms with E-state index in [1.807, 2.05) is 0 Å². The number of carbonyl (C=O) groups is 1. The molecule has 0 atom stereocenters. The number of anilines is 2. The number of nitrogens with one attached hydrogen (secondary N) is 1. The molecule has 7 nitrogen and oxygen atoms in total. The molecule has 10 heteroatoms. The van der Waals surface area contributed by atoms with Crippen molar-refractivity contribution in [2.45, 2.75) is 52.1 Å². The number of nitrogens with two attached hydrogens (primary N) is 1. The Morgan fingerprint density at radius 3 is 2.46 bits per heavy atom. The number of amides is 1. The smallest absolute Gasteiger partial charge is 0.383 e. The number of nitrogen functional groups attached to an aromatic ring is 1. The molecule has 2 aromatic heterocycles. The number of hydrogen-bond acceptors (Lipinski definition) is 5. The van der Waals surface area contributed by atoms with Gasteiger partial charge in [0.15, 0.2) is 0 Å². The molecule has 0 radical (unpaired) electrons. The lowest BCUT2D eigenvalue weighted by Crippen LogP contribution is -2.31. The molecule has 1 aliphatic rings. The number of carbonyl (C=O) groups excluding carboxylic acids is 1. The van der Waals surface area contributed by atoms with Crippen LogP contribution in [-0.4, -0.2) is 31.8 Å². The first-order valence-corrected chi connectivity index (χ1v) is 8.76. The fourth-order valence-electron chi connectivity index (χ4n) is 3.32. The van der Waals surface area contributed by atoms with Gasteiger partial charge < -0.3 is 11.1 Å². The first-order valence-electron chi connectivity index (χ1n) is 8.76. The van der Waals surface area contributed by atoms with E-state index in [1.54, 1.807) is 39.8 Å². The van der Waals surface area contributed by atoms with Gasteiger partial charge in [-0.15, -0.1) is 0 Å². The highest BCUT2D eigenvalue weighted by Crippen LogP contribution is 2.39. The van der Waals surface area contributed by atoms with E-state index in [4.69, 9.17) is 5.73 Å². The van der Waals surface area contributed by atoms with Gasteiger partial charge in [0.1, 0.15) is 11.6 Å². The van der Waals surface area contributed by atoms with Gasteiger partial charge in [0.05, 0.1) is 22.0 Å². The van der Waals surface area contributed by atoms with Crippen LogP contribution in [-0.2, 0) is 16.6 Å². The summed E-state index contributed by atoms with van der Waals surface area (Å²) in [6.07, 6.45) is -2.11. The summed E-state index contributed by atoms with van der Waals surface area (Å²) in [5.74, 6) is 0.245. The van der Waals surface area contributed by atoms with E-state index in [0.29, 0.717) is 21.8 Å². The molecule has 0 fully saturated rings. The zero-order valence-corrected chi connectivity index (χ0v) is 16.0. The number of hydrogen-bond donors (Lipinski definition) is 2. The number of aryl methyl sites for hydroxylation is 1. The SMILES string of the molecule is CC=c1c(CCC(F)(F)F)nn(-c2nc(N)c3c(n2)NC(=O)C3(C)C)c1=CC. The zero-order chi connectivity index (χ0) is 20.9. The Kier molecular flexibility index (Phi) is 4.68. The lowest BCUT2D eigenvalue weighted by Gasteiger charge is -2.16. The summed E-state index contributed by atoms with van der Waals surface area (Å²) in [6.45, 7) is 6.90. The van der Waals surface area contributed by atoms with Crippen molar-refractivity contribution in [2.75, 3.05) is 11.1 Å². The van der Waals surface area contributed by atoms with Gasteiger partial charge in [0.25, 0.3) is 5.95 Å². The maximum atomic E-state index is 12.7. The van der Waals surface area contributed by atoms with E-state index in [2.05, 4.69) is 20.4 Å². The molecule has 0 bridgehead atoms. The predicted molar refractivity (Wildman–Crippen MR) is 99.1 cm³/mol. The summed E-state index contributed by atoms with van der Waals surface area (Å²) in [5.41, 5.74) is 6.00. The van der Waals surface area contributed by atoms with Crippen LogP contribution in [0.2, 0.25) is 0 Å². The minimum atomic E-state index is -4.28. The Morgan fingerprint density at radius 1 is 1.21 bits per heavy atom. The normalized spacial score (nSPS) is 17.2. The van der Waals surface area contributed by atoms with Crippen molar-refractivity contribution in [3.05, 3.63) is 21.8 Å². The Bertz CT molecular complexity index is 1070. The number of rotatable bonds is 3. The summed E-state index contributed by atoms with van der Waals surface area (Å²) in [4.78, 5) is 20.8. The van der Waals surface area contributed by atoms with Crippen molar-refractivity contribution >= 4 is 29.7 Å². The average molecular weight is 394 g/mol.